The molecular weight excluding hydrogens is 468 g/mol. The van der Waals surface area contributed by atoms with Crippen LogP contribution >= 0.6 is 22.7 Å². The van der Waals surface area contributed by atoms with E-state index in [4.69, 9.17) is 4.74 Å². The van der Waals surface area contributed by atoms with Gasteiger partial charge >= 0.3 is 0 Å². The summed E-state index contributed by atoms with van der Waals surface area (Å²) in [5.41, 5.74) is 1.41. The minimum absolute atomic E-state index is 0.00665. The molecule has 1 aromatic carbocycles. The van der Waals surface area contributed by atoms with Gasteiger partial charge in [-0.05, 0) is 43.5 Å². The average molecular weight is 493 g/mol. The second-order valence-electron chi connectivity index (χ2n) is 7.52. The summed E-state index contributed by atoms with van der Waals surface area (Å²) in [5, 5.41) is 5.91. The molecule has 11 heteroatoms. The molecule has 0 saturated heterocycles. The number of carbonyl (C=O) groups excluding carboxylic acids is 1. The van der Waals surface area contributed by atoms with Crippen LogP contribution in [-0.2, 0) is 21.4 Å². The van der Waals surface area contributed by atoms with E-state index < -0.39 is 10.0 Å². The third-order valence-electron chi connectivity index (χ3n) is 5.36. The van der Waals surface area contributed by atoms with Crippen LogP contribution in [0, 0.1) is 12.8 Å². The van der Waals surface area contributed by atoms with Crippen molar-refractivity contribution in [3.63, 3.8) is 0 Å². The fourth-order valence-electron chi connectivity index (χ4n) is 3.72. The number of aromatic nitrogens is 2. The molecule has 32 heavy (non-hydrogen) atoms. The lowest BCUT2D eigenvalue weighted by Gasteiger charge is -2.12. The maximum Gasteiger partial charge on any atom is 0.244 e. The maximum atomic E-state index is 13.0. The SMILES string of the molecule is COc1ccc(-c2sc(NC(=O)C3CCCC3)nc2C)cc1S(=O)(=O)NCc1nccs1. The van der Waals surface area contributed by atoms with Crippen LogP contribution in [0.5, 0.6) is 5.75 Å². The van der Waals surface area contributed by atoms with Gasteiger partial charge in [0.2, 0.25) is 15.9 Å². The number of sulfonamides is 1. The third kappa shape index (κ3) is 5.01. The van der Waals surface area contributed by atoms with Crippen LogP contribution in [0.15, 0.2) is 34.7 Å². The highest BCUT2D eigenvalue weighted by atomic mass is 32.2. The Bertz CT molecular complexity index is 1200. The molecular formula is C21H24N4O4S3. The number of hydrogen-bond acceptors (Lipinski definition) is 8. The van der Waals surface area contributed by atoms with Gasteiger partial charge in [-0.1, -0.05) is 24.2 Å². The molecule has 8 nitrogen and oxygen atoms in total. The first-order valence-electron chi connectivity index (χ1n) is 10.2. The summed E-state index contributed by atoms with van der Waals surface area (Å²) < 4.78 is 33.9. The Morgan fingerprint density at radius 1 is 1.28 bits per heavy atom. The van der Waals surface area contributed by atoms with E-state index in [1.165, 1.54) is 29.8 Å². The van der Waals surface area contributed by atoms with Crippen LogP contribution in [0.4, 0.5) is 5.13 Å². The number of rotatable bonds is 8. The second kappa shape index (κ2) is 9.65. The first kappa shape index (κ1) is 22.8. The molecule has 1 fully saturated rings. The fourth-order valence-corrected chi connectivity index (χ4v) is 6.51. The van der Waals surface area contributed by atoms with Crippen molar-refractivity contribution in [3.8, 4) is 16.2 Å². The highest BCUT2D eigenvalue weighted by molar-refractivity contribution is 7.89. The van der Waals surface area contributed by atoms with Gasteiger partial charge in [-0.3, -0.25) is 4.79 Å². The summed E-state index contributed by atoms with van der Waals surface area (Å²) in [4.78, 5) is 21.9. The van der Waals surface area contributed by atoms with Gasteiger partial charge in [0.05, 0.1) is 24.2 Å². The van der Waals surface area contributed by atoms with Gasteiger partial charge < -0.3 is 10.1 Å². The smallest absolute Gasteiger partial charge is 0.244 e. The average Bonchev–Trinajstić information content (AvgIpc) is 3.54. The number of carbonyl (C=O) groups is 1. The highest BCUT2D eigenvalue weighted by Gasteiger charge is 2.25. The molecule has 0 aliphatic heterocycles. The van der Waals surface area contributed by atoms with Crippen molar-refractivity contribution in [3.05, 3.63) is 40.5 Å². The summed E-state index contributed by atoms with van der Waals surface area (Å²) in [5.74, 6) is 0.300. The van der Waals surface area contributed by atoms with Crippen molar-refractivity contribution < 1.29 is 17.9 Å². The zero-order chi connectivity index (χ0) is 22.7. The molecule has 170 valence electrons. The first-order chi connectivity index (χ1) is 15.4. The number of methoxy groups -OCH3 is 1. The minimum Gasteiger partial charge on any atom is -0.495 e. The fraction of sp³-hybridized carbons (Fsp3) is 0.381. The monoisotopic (exact) mass is 492 g/mol. The van der Waals surface area contributed by atoms with Crippen LogP contribution in [-0.4, -0.2) is 31.4 Å². The Morgan fingerprint density at radius 3 is 2.75 bits per heavy atom. The Hall–Kier alpha value is -2.34. The summed E-state index contributed by atoms with van der Waals surface area (Å²) in [6, 6.07) is 5.00. The van der Waals surface area contributed by atoms with Crippen molar-refractivity contribution in [2.75, 3.05) is 12.4 Å². The maximum absolute atomic E-state index is 13.0. The van der Waals surface area contributed by atoms with Crippen LogP contribution in [0.1, 0.15) is 36.4 Å². The summed E-state index contributed by atoms with van der Waals surface area (Å²) in [6.07, 6.45) is 5.62. The van der Waals surface area contributed by atoms with E-state index >= 15 is 0 Å². The molecule has 3 aromatic rings. The number of ether oxygens (including phenoxy) is 1. The van der Waals surface area contributed by atoms with Crippen molar-refractivity contribution >= 4 is 43.7 Å². The lowest BCUT2D eigenvalue weighted by molar-refractivity contribution is -0.119. The third-order valence-corrected chi connectivity index (χ3v) is 8.69. The molecule has 0 unspecified atom stereocenters. The second-order valence-corrected chi connectivity index (χ2v) is 11.2. The number of benzene rings is 1. The topological polar surface area (TPSA) is 110 Å². The zero-order valence-electron chi connectivity index (χ0n) is 17.8. The zero-order valence-corrected chi connectivity index (χ0v) is 20.2. The van der Waals surface area contributed by atoms with Crippen molar-refractivity contribution in [2.24, 2.45) is 5.92 Å². The molecule has 0 atom stereocenters. The molecule has 1 aliphatic carbocycles. The molecule has 0 spiro atoms. The Labute approximate surface area is 195 Å². The van der Waals surface area contributed by atoms with Gasteiger partial charge in [0, 0.05) is 17.5 Å². The highest BCUT2D eigenvalue weighted by Crippen LogP contribution is 2.37. The van der Waals surface area contributed by atoms with Crippen molar-refractivity contribution in [1.82, 2.24) is 14.7 Å². The largest absolute Gasteiger partial charge is 0.495 e. The number of thiazole rings is 2. The van der Waals surface area contributed by atoms with E-state index in [-0.39, 0.29) is 29.0 Å². The van der Waals surface area contributed by atoms with Gasteiger partial charge in [0.15, 0.2) is 5.13 Å². The standard InChI is InChI=1S/C21H24N4O4S3/c1-13-19(31-21(24-13)25-20(26)14-5-3-4-6-14)15-7-8-16(29-2)17(11-15)32(27,28)23-12-18-22-9-10-30-18/h7-11,14,23H,3-6,12H2,1-2H3,(H,24,25,26). The van der Waals surface area contributed by atoms with Gasteiger partial charge in [-0.15, -0.1) is 11.3 Å². The van der Waals surface area contributed by atoms with Crippen molar-refractivity contribution in [1.29, 1.82) is 0 Å². The molecule has 0 bridgehead atoms. The molecule has 2 heterocycles. The first-order valence-corrected chi connectivity index (χ1v) is 13.4. The Balaban J connectivity index is 1.59. The van der Waals surface area contributed by atoms with E-state index in [9.17, 15) is 13.2 Å². The van der Waals surface area contributed by atoms with Gasteiger partial charge in [-0.2, -0.15) is 0 Å². The predicted molar refractivity (Wildman–Crippen MR) is 126 cm³/mol. The van der Waals surface area contributed by atoms with E-state index in [1.807, 2.05) is 6.92 Å². The number of nitrogens with zero attached hydrogens (tertiary/aromatic N) is 2. The van der Waals surface area contributed by atoms with Gasteiger partial charge in [0.25, 0.3) is 0 Å². The number of hydrogen-bond donors (Lipinski definition) is 2. The quantitative estimate of drug-likeness (QED) is 0.488. The lowest BCUT2D eigenvalue weighted by Crippen LogP contribution is -2.23. The van der Waals surface area contributed by atoms with Crippen LogP contribution in [0.25, 0.3) is 10.4 Å². The van der Waals surface area contributed by atoms with E-state index in [0.717, 1.165) is 36.3 Å². The summed E-state index contributed by atoms with van der Waals surface area (Å²) in [6.45, 7) is 1.94. The van der Waals surface area contributed by atoms with Gasteiger partial charge in [0.1, 0.15) is 15.7 Å². The number of aryl methyl sites for hydroxylation is 1. The van der Waals surface area contributed by atoms with Gasteiger partial charge in [-0.25, -0.2) is 23.1 Å². The summed E-state index contributed by atoms with van der Waals surface area (Å²) >= 11 is 2.71. The Kier molecular flexibility index (Phi) is 6.89. The molecule has 4 rings (SSSR count). The molecule has 2 aromatic heterocycles. The van der Waals surface area contributed by atoms with Crippen LogP contribution < -0.4 is 14.8 Å². The van der Waals surface area contributed by atoms with E-state index in [0.29, 0.717) is 15.7 Å². The molecule has 1 saturated carbocycles. The summed E-state index contributed by atoms with van der Waals surface area (Å²) in [7, 11) is -2.41. The van der Waals surface area contributed by atoms with E-state index in [1.54, 1.807) is 29.8 Å². The minimum atomic E-state index is -3.84. The normalized spacial score (nSPS) is 14.6. The van der Waals surface area contributed by atoms with E-state index in [2.05, 4.69) is 20.0 Å². The van der Waals surface area contributed by atoms with Crippen molar-refractivity contribution in [2.45, 2.75) is 44.0 Å². The number of amides is 1. The van der Waals surface area contributed by atoms with Crippen LogP contribution in [0.2, 0.25) is 0 Å². The Morgan fingerprint density at radius 2 is 2.06 bits per heavy atom. The molecule has 2 N–H and O–H groups in total. The predicted octanol–water partition coefficient (Wildman–Crippen LogP) is 4.19. The number of nitrogens with one attached hydrogen (secondary N) is 2. The van der Waals surface area contributed by atoms with Crippen LogP contribution in [0.3, 0.4) is 0 Å². The molecule has 1 aliphatic rings. The number of anilines is 1. The lowest BCUT2D eigenvalue weighted by atomic mass is 10.1. The molecule has 0 radical (unpaired) electrons. The molecule has 1 amide bonds.